The monoisotopic (exact) mass is 167 g/mol. The number of ether oxygens (including phenoxy) is 1. The highest BCUT2D eigenvalue weighted by atomic mass is 16.5. The van der Waals surface area contributed by atoms with Crippen molar-refractivity contribution in [2.45, 2.75) is 25.3 Å². The maximum Gasteiger partial charge on any atom is 0.109 e. The Morgan fingerprint density at radius 3 is 3.17 bits per heavy atom. The molecule has 0 saturated carbocycles. The van der Waals surface area contributed by atoms with E-state index in [0.717, 1.165) is 5.92 Å². The second-order valence-electron chi connectivity index (χ2n) is 3.93. The summed E-state index contributed by atoms with van der Waals surface area (Å²) >= 11 is 0. The van der Waals surface area contributed by atoms with E-state index in [-0.39, 0.29) is 0 Å². The first-order valence-corrected chi connectivity index (χ1v) is 4.75. The van der Waals surface area contributed by atoms with Gasteiger partial charge in [-0.1, -0.05) is 0 Å². The Morgan fingerprint density at radius 1 is 1.58 bits per heavy atom. The number of hydrogen-bond acceptors (Lipinski definition) is 2. The van der Waals surface area contributed by atoms with Gasteiger partial charge in [-0.25, -0.2) is 0 Å². The van der Waals surface area contributed by atoms with E-state index in [9.17, 15) is 0 Å². The van der Waals surface area contributed by atoms with Crippen LogP contribution >= 0.6 is 0 Å². The van der Waals surface area contributed by atoms with E-state index in [0.29, 0.717) is 6.04 Å². The molecule has 2 aliphatic rings. The third kappa shape index (κ3) is 1.24. The van der Waals surface area contributed by atoms with Crippen LogP contribution in [0.15, 0.2) is 11.8 Å². The fourth-order valence-electron chi connectivity index (χ4n) is 2.34. The van der Waals surface area contributed by atoms with E-state index in [4.69, 9.17) is 4.74 Å². The SMILES string of the molecule is COC1=CCC2CCN(C)C1C2. The fraction of sp³-hybridized carbons (Fsp3) is 0.800. The summed E-state index contributed by atoms with van der Waals surface area (Å²) in [5.74, 6) is 2.11. The first-order valence-electron chi connectivity index (χ1n) is 4.75. The normalized spacial score (nSPS) is 36.0. The van der Waals surface area contributed by atoms with E-state index in [1.807, 2.05) is 0 Å². The number of fused-ring (bicyclic) bond motifs is 2. The minimum absolute atomic E-state index is 0.572. The summed E-state index contributed by atoms with van der Waals surface area (Å²) in [4.78, 5) is 2.41. The lowest BCUT2D eigenvalue weighted by Gasteiger charge is -2.40. The zero-order valence-corrected chi connectivity index (χ0v) is 7.92. The van der Waals surface area contributed by atoms with Crippen molar-refractivity contribution in [3.63, 3.8) is 0 Å². The lowest BCUT2D eigenvalue weighted by Crippen LogP contribution is -2.43. The molecule has 0 spiro atoms. The van der Waals surface area contributed by atoms with E-state index in [1.165, 1.54) is 31.6 Å². The Morgan fingerprint density at radius 2 is 2.42 bits per heavy atom. The number of likely N-dealkylation sites (tertiary alicyclic amines) is 1. The Kier molecular flexibility index (Phi) is 2.09. The van der Waals surface area contributed by atoms with Crippen LogP contribution in [0.1, 0.15) is 19.3 Å². The first kappa shape index (κ1) is 8.11. The van der Waals surface area contributed by atoms with E-state index in [1.54, 1.807) is 7.11 Å². The molecule has 0 radical (unpaired) electrons. The van der Waals surface area contributed by atoms with Crippen LogP contribution in [0.5, 0.6) is 0 Å². The molecule has 12 heavy (non-hydrogen) atoms. The minimum Gasteiger partial charge on any atom is -0.500 e. The molecular weight excluding hydrogens is 150 g/mol. The van der Waals surface area contributed by atoms with Crippen molar-refractivity contribution in [3.8, 4) is 0 Å². The molecule has 0 aromatic heterocycles. The minimum atomic E-state index is 0.572. The van der Waals surface area contributed by atoms with Gasteiger partial charge in [0.15, 0.2) is 0 Å². The largest absolute Gasteiger partial charge is 0.500 e. The van der Waals surface area contributed by atoms with Crippen LogP contribution in [0.3, 0.4) is 0 Å². The van der Waals surface area contributed by atoms with Crippen molar-refractivity contribution < 1.29 is 4.74 Å². The summed E-state index contributed by atoms with van der Waals surface area (Å²) < 4.78 is 5.37. The predicted molar refractivity (Wildman–Crippen MR) is 48.9 cm³/mol. The maximum absolute atomic E-state index is 5.37. The molecule has 1 aliphatic carbocycles. The number of allylic oxidation sites excluding steroid dienone is 1. The molecule has 2 nitrogen and oxygen atoms in total. The number of piperidine rings is 1. The molecule has 0 aromatic rings. The number of methoxy groups -OCH3 is 1. The third-order valence-electron chi connectivity index (χ3n) is 3.20. The summed E-state index contributed by atoms with van der Waals surface area (Å²) in [5, 5.41) is 0. The molecule has 2 heteroatoms. The van der Waals surface area contributed by atoms with Gasteiger partial charge in [-0.05, 0) is 44.8 Å². The highest BCUT2D eigenvalue weighted by molar-refractivity contribution is 5.10. The molecule has 1 fully saturated rings. The van der Waals surface area contributed by atoms with E-state index >= 15 is 0 Å². The summed E-state index contributed by atoms with van der Waals surface area (Å²) in [5.41, 5.74) is 0. The van der Waals surface area contributed by atoms with Crippen LogP contribution in [0, 0.1) is 5.92 Å². The van der Waals surface area contributed by atoms with Gasteiger partial charge in [0.05, 0.1) is 13.2 Å². The number of rotatable bonds is 1. The molecule has 2 unspecified atom stereocenters. The molecule has 2 atom stereocenters. The maximum atomic E-state index is 5.37. The summed E-state index contributed by atoms with van der Waals surface area (Å²) in [6.07, 6.45) is 6.17. The molecule has 2 rings (SSSR count). The predicted octanol–water partition coefficient (Wildman–Crippen LogP) is 1.63. The standard InChI is InChI=1S/C10H17NO/c1-11-6-5-8-3-4-10(12-2)9(11)7-8/h4,8-9H,3,5-7H2,1-2H3. The van der Waals surface area contributed by atoms with Crippen LogP contribution < -0.4 is 0 Å². The number of nitrogens with zero attached hydrogens (tertiary/aromatic N) is 1. The van der Waals surface area contributed by atoms with Gasteiger partial charge in [0, 0.05) is 0 Å². The molecule has 1 aliphatic heterocycles. The molecule has 0 aromatic carbocycles. The lowest BCUT2D eigenvalue weighted by molar-refractivity contribution is 0.0991. The fourth-order valence-corrected chi connectivity index (χ4v) is 2.34. The van der Waals surface area contributed by atoms with Gasteiger partial charge in [0.25, 0.3) is 0 Å². The van der Waals surface area contributed by atoms with Crippen molar-refractivity contribution in [1.82, 2.24) is 4.90 Å². The molecule has 68 valence electrons. The van der Waals surface area contributed by atoms with E-state index < -0.39 is 0 Å². The molecule has 0 N–H and O–H groups in total. The second kappa shape index (κ2) is 3.09. The smallest absolute Gasteiger partial charge is 0.109 e. The van der Waals surface area contributed by atoms with Crippen LogP contribution in [-0.2, 0) is 4.74 Å². The second-order valence-corrected chi connectivity index (χ2v) is 3.93. The Balaban J connectivity index is 2.16. The van der Waals surface area contributed by atoms with Crippen molar-refractivity contribution in [2.24, 2.45) is 5.92 Å². The molecule has 1 heterocycles. The first-order chi connectivity index (χ1) is 5.81. The van der Waals surface area contributed by atoms with Crippen LogP contribution in [0.4, 0.5) is 0 Å². The van der Waals surface area contributed by atoms with Gasteiger partial charge >= 0.3 is 0 Å². The van der Waals surface area contributed by atoms with Crippen LogP contribution in [0.25, 0.3) is 0 Å². The summed E-state index contributed by atoms with van der Waals surface area (Å²) in [6, 6.07) is 0.572. The average molecular weight is 167 g/mol. The zero-order chi connectivity index (χ0) is 8.55. The quantitative estimate of drug-likeness (QED) is 0.588. The third-order valence-corrected chi connectivity index (χ3v) is 3.20. The van der Waals surface area contributed by atoms with Crippen molar-refractivity contribution in [3.05, 3.63) is 11.8 Å². The zero-order valence-electron chi connectivity index (χ0n) is 7.92. The highest BCUT2D eigenvalue weighted by Crippen LogP contribution is 2.33. The Labute approximate surface area is 74.2 Å². The number of likely N-dealkylation sites (N-methyl/N-ethyl adjacent to an activating group) is 1. The van der Waals surface area contributed by atoms with Crippen LogP contribution in [-0.4, -0.2) is 31.6 Å². The summed E-state index contributed by atoms with van der Waals surface area (Å²) in [6.45, 7) is 1.23. The van der Waals surface area contributed by atoms with Crippen molar-refractivity contribution in [2.75, 3.05) is 20.7 Å². The average Bonchev–Trinajstić information content (AvgIpc) is 2.12. The van der Waals surface area contributed by atoms with Crippen LogP contribution in [0.2, 0.25) is 0 Å². The topological polar surface area (TPSA) is 12.5 Å². The Hall–Kier alpha value is -0.500. The van der Waals surface area contributed by atoms with Gasteiger partial charge in [0.1, 0.15) is 5.76 Å². The molecular formula is C10H17NO. The molecule has 0 amide bonds. The van der Waals surface area contributed by atoms with Gasteiger partial charge in [-0.15, -0.1) is 0 Å². The van der Waals surface area contributed by atoms with Gasteiger partial charge in [0.2, 0.25) is 0 Å². The molecule has 1 saturated heterocycles. The van der Waals surface area contributed by atoms with Gasteiger partial charge in [-0.3, -0.25) is 4.90 Å². The van der Waals surface area contributed by atoms with Gasteiger partial charge in [-0.2, -0.15) is 0 Å². The lowest BCUT2D eigenvalue weighted by atomic mass is 9.83. The summed E-state index contributed by atoms with van der Waals surface area (Å²) in [7, 11) is 3.98. The number of hydrogen-bond donors (Lipinski definition) is 0. The highest BCUT2D eigenvalue weighted by Gasteiger charge is 2.32. The van der Waals surface area contributed by atoms with Gasteiger partial charge < -0.3 is 4.74 Å². The Bertz CT molecular complexity index is 200. The van der Waals surface area contributed by atoms with Crippen molar-refractivity contribution >= 4 is 0 Å². The molecule has 2 bridgehead atoms. The van der Waals surface area contributed by atoms with E-state index in [2.05, 4.69) is 18.0 Å². The van der Waals surface area contributed by atoms with Crippen molar-refractivity contribution in [1.29, 1.82) is 0 Å².